The van der Waals surface area contributed by atoms with E-state index in [0.717, 1.165) is 5.56 Å². The van der Waals surface area contributed by atoms with Crippen molar-refractivity contribution in [3.63, 3.8) is 0 Å². The predicted molar refractivity (Wildman–Crippen MR) is 107 cm³/mol. The maximum absolute atomic E-state index is 12.9. The van der Waals surface area contributed by atoms with Crippen molar-refractivity contribution in [2.45, 2.75) is 13.0 Å². The second-order valence-electron chi connectivity index (χ2n) is 6.29. The first-order valence-corrected chi connectivity index (χ1v) is 8.84. The normalized spacial score (nSPS) is 11.4. The number of hydrogen-bond acceptors (Lipinski definition) is 4. The van der Waals surface area contributed by atoms with Gasteiger partial charge < -0.3 is 14.8 Å². The lowest BCUT2D eigenvalue weighted by molar-refractivity contribution is -0.125. The van der Waals surface area contributed by atoms with Gasteiger partial charge in [0.15, 0.2) is 0 Å². The van der Waals surface area contributed by atoms with Crippen molar-refractivity contribution in [3.05, 3.63) is 95.6 Å². The van der Waals surface area contributed by atoms with Gasteiger partial charge in [0.1, 0.15) is 5.75 Å². The van der Waals surface area contributed by atoms with Crippen LogP contribution in [0.2, 0.25) is 0 Å². The third kappa shape index (κ3) is 4.76. The molecule has 0 heterocycles. The quantitative estimate of drug-likeness (QED) is 0.643. The van der Waals surface area contributed by atoms with Crippen LogP contribution >= 0.6 is 0 Å². The first-order chi connectivity index (χ1) is 13.6. The van der Waals surface area contributed by atoms with E-state index in [1.54, 1.807) is 73.8 Å². The molecule has 3 aromatic rings. The van der Waals surface area contributed by atoms with Crippen molar-refractivity contribution in [1.82, 2.24) is 0 Å². The van der Waals surface area contributed by atoms with Gasteiger partial charge in [0.25, 0.3) is 5.91 Å². The summed E-state index contributed by atoms with van der Waals surface area (Å²) in [5.41, 5.74) is 2.47. The molecule has 1 N–H and O–H groups in total. The molecule has 5 nitrogen and oxygen atoms in total. The van der Waals surface area contributed by atoms with Gasteiger partial charge in [-0.1, -0.05) is 54.1 Å². The Bertz CT molecular complexity index is 969. The van der Waals surface area contributed by atoms with Crippen molar-refractivity contribution in [2.24, 2.45) is 0 Å². The van der Waals surface area contributed by atoms with Gasteiger partial charge in [-0.05, 0) is 31.2 Å². The van der Waals surface area contributed by atoms with Crippen LogP contribution in [0.25, 0.3) is 0 Å². The molecule has 1 amide bonds. The van der Waals surface area contributed by atoms with Crippen molar-refractivity contribution in [2.75, 3.05) is 12.4 Å². The number of nitrogens with one attached hydrogen (secondary N) is 1. The highest BCUT2D eigenvalue weighted by Crippen LogP contribution is 2.23. The van der Waals surface area contributed by atoms with E-state index in [1.165, 1.54) is 0 Å². The maximum atomic E-state index is 12.9. The molecule has 3 rings (SSSR count). The lowest BCUT2D eigenvalue weighted by Gasteiger charge is -2.18. The second kappa shape index (κ2) is 8.86. The monoisotopic (exact) mass is 375 g/mol. The Morgan fingerprint density at radius 1 is 0.893 bits per heavy atom. The highest BCUT2D eigenvalue weighted by Gasteiger charge is 2.26. The standard InChI is InChI=1S/C23H21NO4/c1-16-8-6-11-18(14-16)23(26)28-21(17-9-4-3-5-10-17)22(25)24-19-12-7-13-20(15-19)27-2/h3-15,21H,1-2H3,(H,24,25)/t21-/m0/s1. The van der Waals surface area contributed by atoms with Gasteiger partial charge in [0.2, 0.25) is 6.10 Å². The molecular formula is C23H21NO4. The topological polar surface area (TPSA) is 64.6 Å². The van der Waals surface area contributed by atoms with Crippen LogP contribution in [-0.2, 0) is 9.53 Å². The molecule has 0 saturated heterocycles. The van der Waals surface area contributed by atoms with E-state index in [2.05, 4.69) is 5.32 Å². The average molecular weight is 375 g/mol. The molecule has 0 aliphatic heterocycles. The lowest BCUT2D eigenvalue weighted by Crippen LogP contribution is -2.26. The Morgan fingerprint density at radius 2 is 1.64 bits per heavy atom. The summed E-state index contributed by atoms with van der Waals surface area (Å²) in [5, 5.41) is 2.79. The van der Waals surface area contributed by atoms with Crippen LogP contribution in [-0.4, -0.2) is 19.0 Å². The van der Waals surface area contributed by atoms with E-state index < -0.39 is 18.0 Å². The van der Waals surface area contributed by atoms with E-state index in [1.807, 2.05) is 19.1 Å². The van der Waals surface area contributed by atoms with Gasteiger partial charge in [-0.2, -0.15) is 0 Å². The molecular weight excluding hydrogens is 354 g/mol. The summed E-state index contributed by atoms with van der Waals surface area (Å²) in [6, 6.07) is 23.0. The summed E-state index contributed by atoms with van der Waals surface area (Å²) in [4.78, 5) is 25.5. The zero-order chi connectivity index (χ0) is 19.9. The summed E-state index contributed by atoms with van der Waals surface area (Å²) in [7, 11) is 1.55. The fourth-order valence-corrected chi connectivity index (χ4v) is 2.76. The smallest absolute Gasteiger partial charge is 0.339 e. The molecule has 0 saturated carbocycles. The van der Waals surface area contributed by atoms with Crippen molar-refractivity contribution in [1.29, 1.82) is 0 Å². The summed E-state index contributed by atoms with van der Waals surface area (Å²) >= 11 is 0. The van der Waals surface area contributed by atoms with Crippen LogP contribution < -0.4 is 10.1 Å². The van der Waals surface area contributed by atoms with Crippen LogP contribution in [0.1, 0.15) is 27.6 Å². The number of amides is 1. The first-order valence-electron chi connectivity index (χ1n) is 8.84. The molecule has 0 spiro atoms. The Hall–Kier alpha value is -3.60. The van der Waals surface area contributed by atoms with Gasteiger partial charge in [-0.15, -0.1) is 0 Å². The zero-order valence-corrected chi connectivity index (χ0v) is 15.7. The molecule has 28 heavy (non-hydrogen) atoms. The highest BCUT2D eigenvalue weighted by molar-refractivity contribution is 5.98. The van der Waals surface area contributed by atoms with Gasteiger partial charge >= 0.3 is 5.97 Å². The van der Waals surface area contributed by atoms with Gasteiger partial charge in [0.05, 0.1) is 12.7 Å². The summed E-state index contributed by atoms with van der Waals surface area (Å²) < 4.78 is 10.8. The molecule has 0 unspecified atom stereocenters. The van der Waals surface area contributed by atoms with Gasteiger partial charge in [-0.3, -0.25) is 4.79 Å². The Morgan fingerprint density at radius 3 is 2.36 bits per heavy atom. The molecule has 0 bridgehead atoms. The summed E-state index contributed by atoms with van der Waals surface area (Å²) in [6.07, 6.45) is -1.08. The van der Waals surface area contributed by atoms with Crippen LogP contribution in [0.3, 0.4) is 0 Å². The lowest BCUT2D eigenvalue weighted by atomic mass is 10.1. The molecule has 0 fully saturated rings. The number of aryl methyl sites for hydroxylation is 1. The maximum Gasteiger partial charge on any atom is 0.339 e. The fraction of sp³-hybridized carbons (Fsp3) is 0.130. The molecule has 0 aromatic heterocycles. The number of rotatable bonds is 6. The highest BCUT2D eigenvalue weighted by atomic mass is 16.5. The van der Waals surface area contributed by atoms with E-state index in [9.17, 15) is 9.59 Å². The molecule has 5 heteroatoms. The van der Waals surface area contributed by atoms with Crippen LogP contribution in [0.15, 0.2) is 78.9 Å². The molecule has 142 valence electrons. The van der Waals surface area contributed by atoms with E-state index in [4.69, 9.17) is 9.47 Å². The SMILES string of the molecule is COc1cccc(NC(=O)[C@@H](OC(=O)c2cccc(C)c2)c2ccccc2)c1. The van der Waals surface area contributed by atoms with Crippen LogP contribution in [0.4, 0.5) is 5.69 Å². The minimum Gasteiger partial charge on any atom is -0.497 e. The Labute approximate surface area is 163 Å². The average Bonchev–Trinajstić information content (AvgIpc) is 2.72. The molecule has 3 aromatic carbocycles. The van der Waals surface area contributed by atoms with E-state index in [0.29, 0.717) is 22.6 Å². The number of carbonyl (C=O) groups excluding carboxylic acids is 2. The number of anilines is 1. The summed E-state index contributed by atoms with van der Waals surface area (Å²) in [6.45, 7) is 1.89. The number of esters is 1. The summed E-state index contributed by atoms with van der Waals surface area (Å²) in [5.74, 6) is -0.385. The fourth-order valence-electron chi connectivity index (χ4n) is 2.76. The number of hydrogen-bond donors (Lipinski definition) is 1. The number of ether oxygens (including phenoxy) is 2. The molecule has 0 aliphatic carbocycles. The van der Waals surface area contributed by atoms with E-state index in [-0.39, 0.29) is 0 Å². The largest absolute Gasteiger partial charge is 0.497 e. The number of methoxy groups -OCH3 is 1. The molecule has 0 aliphatic rings. The molecule has 0 radical (unpaired) electrons. The minimum atomic E-state index is -1.08. The third-order valence-corrected chi connectivity index (χ3v) is 4.16. The first kappa shape index (κ1) is 19.2. The minimum absolute atomic E-state index is 0.398. The molecule has 1 atom stereocenters. The third-order valence-electron chi connectivity index (χ3n) is 4.16. The van der Waals surface area contributed by atoms with Gasteiger partial charge in [0, 0.05) is 17.3 Å². The van der Waals surface area contributed by atoms with E-state index >= 15 is 0 Å². The van der Waals surface area contributed by atoms with Crippen molar-refractivity contribution in [3.8, 4) is 5.75 Å². The van der Waals surface area contributed by atoms with Gasteiger partial charge in [-0.25, -0.2) is 4.79 Å². The Balaban J connectivity index is 1.84. The predicted octanol–water partition coefficient (Wildman–Crippen LogP) is 4.54. The zero-order valence-electron chi connectivity index (χ0n) is 15.7. The number of carbonyl (C=O) groups is 2. The second-order valence-corrected chi connectivity index (χ2v) is 6.29. The van der Waals surface area contributed by atoms with Crippen molar-refractivity contribution < 1.29 is 19.1 Å². The Kier molecular flexibility index (Phi) is 6.07. The van der Waals surface area contributed by atoms with Crippen LogP contribution in [0.5, 0.6) is 5.75 Å². The number of benzene rings is 3. The van der Waals surface area contributed by atoms with Crippen molar-refractivity contribution >= 4 is 17.6 Å². The van der Waals surface area contributed by atoms with Crippen LogP contribution in [0, 0.1) is 6.92 Å².